The van der Waals surface area contributed by atoms with Gasteiger partial charge in [-0.2, -0.15) is 0 Å². The molecule has 89 heavy (non-hydrogen) atoms. The summed E-state index contributed by atoms with van der Waals surface area (Å²) in [7, 11) is 0. The van der Waals surface area contributed by atoms with E-state index in [9.17, 15) is 14.4 Å². The Balaban J connectivity index is 0.00000103. The van der Waals surface area contributed by atoms with Crippen LogP contribution in [0.2, 0.25) is 0 Å². The second kappa shape index (κ2) is 47.3. The average Bonchev–Trinajstić information content (AvgIpc) is 4.17. The van der Waals surface area contributed by atoms with E-state index in [4.69, 9.17) is 56.5 Å². The van der Waals surface area contributed by atoms with Crippen LogP contribution < -0.4 is 9.47 Å². The summed E-state index contributed by atoms with van der Waals surface area (Å²) in [5.74, 6) is 0.465. The first-order valence-corrected chi connectivity index (χ1v) is 27.8. The van der Waals surface area contributed by atoms with Gasteiger partial charge in [0, 0.05) is 118 Å². The number of carbonyl (C=O) groups excluding carboxylic acids is 3. The van der Waals surface area contributed by atoms with Crippen molar-refractivity contribution >= 4 is 28.8 Å². The number of aromatic nitrogens is 4. The van der Waals surface area contributed by atoms with E-state index in [1.165, 1.54) is 25.0 Å². The molecule has 4 atom stereocenters. The molecule has 0 saturated carbocycles. The number of esters is 2. The Morgan fingerprint density at radius 2 is 0.742 bits per heavy atom. The van der Waals surface area contributed by atoms with Crippen molar-refractivity contribution in [3.63, 3.8) is 0 Å². The van der Waals surface area contributed by atoms with Gasteiger partial charge < -0.3 is 64.8 Å². The maximum atomic E-state index is 11.3. The van der Waals surface area contributed by atoms with Gasteiger partial charge in [0.05, 0.1) is 24.4 Å². The standard InChI is InChI=1S/2C15H12NO2.2C11H8NO.2C5H12O2.C4H5ClO.C4H8O.2Ir/c2*1-11(2)15(17)18-13-8-6-12(7-9-13)14-5-3-4-10-16-14;2*13-10-6-4-9(5-7-10)11-3-1-2-8-12-11;2*1-4(6)3-5(2)7;1-3(2)4(5)6;1-2-4-5-3-1;;/h2*3-6,8-10H,1H2,2H3;2*1-4,6-8,13H;2*4-7H,3H2,1-2H3;1H2,2H3;1-4H2;;/q4*-1;;;;;;. The number of pyridine rings is 4. The molecule has 4 aromatic heterocycles. The van der Waals surface area contributed by atoms with Crippen molar-refractivity contribution in [2.45, 2.75) is 98.6 Å². The number of rotatable bonds is 13. The van der Waals surface area contributed by atoms with E-state index in [0.717, 1.165) is 58.2 Å². The molecule has 1 aliphatic rings. The van der Waals surface area contributed by atoms with Crippen LogP contribution in [0.1, 0.15) is 74.1 Å². The first-order valence-electron chi connectivity index (χ1n) is 27.5. The summed E-state index contributed by atoms with van der Waals surface area (Å²) in [6.45, 7) is 23.7. The zero-order chi connectivity index (χ0) is 64.5. The number of ether oxygens (including phenoxy) is 3. The summed E-state index contributed by atoms with van der Waals surface area (Å²) in [5, 5.41) is 51.9. The van der Waals surface area contributed by atoms with Crippen LogP contribution in [0.3, 0.4) is 0 Å². The number of nitrogens with zero attached hydrogens (tertiary/aromatic N) is 4. The molecule has 16 nitrogen and oxygen atoms in total. The van der Waals surface area contributed by atoms with E-state index in [1.54, 1.807) is 122 Å². The van der Waals surface area contributed by atoms with Crippen molar-refractivity contribution in [1.29, 1.82) is 0 Å². The largest absolute Gasteiger partial charge is 0.551 e. The van der Waals surface area contributed by atoms with Crippen LogP contribution in [0, 0.1) is 24.3 Å². The molecular formula is C70H77ClIr2N4O12-4. The molecule has 1 fully saturated rings. The predicted octanol–water partition coefficient (Wildman–Crippen LogP) is 13.0. The third kappa shape index (κ3) is 38.4. The molecule has 0 spiro atoms. The number of aliphatic hydroxyl groups excluding tert-OH is 4. The molecule has 1 aliphatic heterocycles. The van der Waals surface area contributed by atoms with Gasteiger partial charge in [-0.25, -0.2) is 9.59 Å². The summed E-state index contributed by atoms with van der Waals surface area (Å²) >= 11 is 4.87. The van der Waals surface area contributed by atoms with Gasteiger partial charge in [-0.15, -0.1) is 119 Å². The van der Waals surface area contributed by atoms with Crippen molar-refractivity contribution in [1.82, 2.24) is 19.9 Å². The number of aliphatic hydroxyl groups is 4. The Kier molecular flexibility index (Phi) is 43.2. The number of aromatic hydroxyl groups is 2. The number of carbonyl (C=O) groups is 3. The Bertz CT molecular complexity index is 2980. The minimum atomic E-state index is -0.463. The smallest absolute Gasteiger partial charge is 0.329 e. The molecule has 0 amide bonds. The number of hydrogen-bond acceptors (Lipinski definition) is 16. The topological polar surface area (TPSA) is 252 Å². The van der Waals surface area contributed by atoms with Crippen LogP contribution in [0.5, 0.6) is 23.0 Å². The monoisotopic (exact) mass is 1590 g/mol. The molecule has 6 N–H and O–H groups in total. The quantitative estimate of drug-likeness (QED) is 0.0206. The van der Waals surface area contributed by atoms with E-state index in [1.807, 2.05) is 84.9 Å². The predicted molar refractivity (Wildman–Crippen MR) is 340 cm³/mol. The fourth-order valence-corrected chi connectivity index (χ4v) is 6.39. The van der Waals surface area contributed by atoms with Crippen molar-refractivity contribution < 1.29 is 99.4 Å². The molecular weight excluding hydrogens is 1510 g/mol. The zero-order valence-corrected chi connectivity index (χ0v) is 56.4. The van der Waals surface area contributed by atoms with Gasteiger partial charge in [0.1, 0.15) is 0 Å². The van der Waals surface area contributed by atoms with Crippen molar-refractivity contribution in [2.75, 3.05) is 13.2 Å². The van der Waals surface area contributed by atoms with Gasteiger partial charge in [0.25, 0.3) is 0 Å². The molecule has 19 heteroatoms. The minimum absolute atomic E-state index is 0. The fourth-order valence-electron chi connectivity index (χ4n) is 6.39. The van der Waals surface area contributed by atoms with Gasteiger partial charge in [-0.05, 0) is 133 Å². The SMILES string of the molecule is C1CCOC1.C=C(C)C(=O)Cl.C=C(C)C(=O)Oc1c[c-]c(-c2ccccn2)cc1.C=C(C)C(=O)Oc1c[c-]c(-c2ccccn2)cc1.CC(O)CC(C)O.CC(O)CC(C)O.Oc1c[c-]c(-c2ccccn2)cc1.Oc1c[c-]c(-c2ccccn2)cc1.[Ir].[Ir]. The number of phenolic OH excluding ortho intramolecular Hbond substituents is 2. The Labute approximate surface area is 555 Å². The molecule has 5 heterocycles. The van der Waals surface area contributed by atoms with Crippen molar-refractivity contribution in [2.24, 2.45) is 0 Å². The fraction of sp³-hybridized carbons (Fsp3) is 0.243. The van der Waals surface area contributed by atoms with Crippen LogP contribution in [-0.4, -0.2) is 105 Å². The van der Waals surface area contributed by atoms with Crippen molar-refractivity contribution in [3.05, 3.63) is 231 Å². The molecule has 1 saturated heterocycles. The number of phenols is 2. The second-order valence-electron chi connectivity index (χ2n) is 19.2. The first-order chi connectivity index (χ1) is 41.4. The van der Waals surface area contributed by atoms with Crippen molar-refractivity contribution in [3.8, 4) is 68.0 Å². The maximum absolute atomic E-state index is 11.3. The second-order valence-corrected chi connectivity index (χ2v) is 19.6. The van der Waals surface area contributed by atoms with E-state index in [0.29, 0.717) is 41.1 Å². The molecule has 0 aliphatic carbocycles. The Morgan fingerprint density at radius 3 is 0.899 bits per heavy atom. The Morgan fingerprint density at radius 1 is 0.472 bits per heavy atom. The molecule has 4 aromatic carbocycles. The van der Waals surface area contributed by atoms with Gasteiger partial charge in [0.2, 0.25) is 5.24 Å². The van der Waals surface area contributed by atoms with Crippen LogP contribution in [0.15, 0.2) is 207 Å². The number of allylic oxidation sites excluding steroid dienone is 1. The number of benzene rings is 4. The number of halogens is 1. The third-order valence-corrected chi connectivity index (χ3v) is 10.9. The van der Waals surface area contributed by atoms with Gasteiger partial charge in [-0.3, -0.25) is 4.79 Å². The molecule has 0 bridgehead atoms. The summed E-state index contributed by atoms with van der Waals surface area (Å²) in [6.07, 6.45) is 8.91. The Hall–Kier alpha value is -7.70. The molecule has 478 valence electrons. The van der Waals surface area contributed by atoms with Crippen LogP contribution in [0.4, 0.5) is 0 Å². The minimum Gasteiger partial charge on any atom is -0.551 e. The third-order valence-electron chi connectivity index (χ3n) is 10.6. The van der Waals surface area contributed by atoms with Crippen LogP contribution >= 0.6 is 11.6 Å². The van der Waals surface area contributed by atoms with E-state index >= 15 is 0 Å². The molecule has 4 unspecified atom stereocenters. The van der Waals surface area contributed by atoms with E-state index in [2.05, 4.69) is 63.9 Å². The molecule has 2 radical (unpaired) electrons. The van der Waals surface area contributed by atoms with E-state index < -0.39 is 17.2 Å². The summed E-state index contributed by atoms with van der Waals surface area (Å²) in [6, 6.07) is 54.8. The first kappa shape index (κ1) is 81.3. The summed E-state index contributed by atoms with van der Waals surface area (Å²) in [4.78, 5) is 49.2. The van der Waals surface area contributed by atoms with Gasteiger partial charge >= 0.3 is 11.9 Å². The normalized spacial score (nSPS) is 11.7. The van der Waals surface area contributed by atoms with Crippen LogP contribution in [0.25, 0.3) is 45.0 Å². The van der Waals surface area contributed by atoms with E-state index in [-0.39, 0.29) is 76.1 Å². The molecule has 9 rings (SSSR count). The maximum Gasteiger partial charge on any atom is 0.329 e. The summed E-state index contributed by atoms with van der Waals surface area (Å²) < 4.78 is 15.1. The number of hydrogen-bond donors (Lipinski definition) is 6. The van der Waals surface area contributed by atoms with Gasteiger partial charge in [0.15, 0.2) is 0 Å². The average molecular weight is 1590 g/mol. The van der Waals surface area contributed by atoms with Gasteiger partial charge in [-0.1, -0.05) is 68.3 Å². The summed E-state index contributed by atoms with van der Waals surface area (Å²) in [5.41, 5.74) is 7.98. The zero-order valence-electron chi connectivity index (χ0n) is 50.8. The van der Waals surface area contributed by atoms with Crippen LogP contribution in [-0.2, 0) is 59.3 Å². The molecule has 8 aromatic rings.